The fourth-order valence-electron chi connectivity index (χ4n) is 2.01. The SMILES string of the molecule is NNc1nc(Nc2cccc3cnccc23)c(F)cc1F. The molecule has 21 heavy (non-hydrogen) atoms. The molecular weight excluding hydrogens is 276 g/mol. The molecule has 5 nitrogen and oxygen atoms in total. The predicted octanol–water partition coefficient (Wildman–Crippen LogP) is 2.94. The van der Waals surface area contributed by atoms with Crippen molar-refractivity contribution in [2.45, 2.75) is 0 Å². The molecule has 1 aromatic carbocycles. The Labute approximate surface area is 118 Å². The number of hydrogen-bond donors (Lipinski definition) is 3. The van der Waals surface area contributed by atoms with Crippen molar-refractivity contribution in [1.82, 2.24) is 9.97 Å². The summed E-state index contributed by atoms with van der Waals surface area (Å²) in [6.45, 7) is 0. The second-order valence-corrected chi connectivity index (χ2v) is 4.32. The topological polar surface area (TPSA) is 75.9 Å². The van der Waals surface area contributed by atoms with Crippen molar-refractivity contribution in [2.75, 3.05) is 10.7 Å². The maximum Gasteiger partial charge on any atom is 0.178 e. The van der Waals surface area contributed by atoms with E-state index in [1.807, 2.05) is 6.07 Å². The van der Waals surface area contributed by atoms with Gasteiger partial charge in [-0.15, -0.1) is 0 Å². The van der Waals surface area contributed by atoms with Crippen LogP contribution in [0.2, 0.25) is 0 Å². The number of halogens is 2. The summed E-state index contributed by atoms with van der Waals surface area (Å²) in [6.07, 6.45) is 3.33. The number of pyridine rings is 2. The molecule has 0 bridgehead atoms. The Morgan fingerprint density at radius 2 is 1.86 bits per heavy atom. The standard InChI is InChI=1S/C14H11F2N5/c15-10-6-11(16)14(21-17)20-13(10)19-12-3-1-2-8-7-18-5-4-9(8)12/h1-7H,17H2,(H2,19,20,21). The second-order valence-electron chi connectivity index (χ2n) is 4.32. The van der Waals surface area contributed by atoms with Crippen LogP contribution in [0.5, 0.6) is 0 Å². The third kappa shape index (κ3) is 2.46. The number of nitrogens with two attached hydrogens (primary N) is 1. The number of anilines is 3. The molecule has 0 atom stereocenters. The lowest BCUT2D eigenvalue weighted by Gasteiger charge is -2.11. The van der Waals surface area contributed by atoms with Gasteiger partial charge < -0.3 is 10.7 Å². The van der Waals surface area contributed by atoms with Crippen LogP contribution in [0.1, 0.15) is 0 Å². The molecule has 0 saturated heterocycles. The van der Waals surface area contributed by atoms with Crippen LogP contribution < -0.4 is 16.6 Å². The summed E-state index contributed by atoms with van der Waals surface area (Å²) in [5.41, 5.74) is 2.72. The van der Waals surface area contributed by atoms with Crippen molar-refractivity contribution >= 4 is 28.1 Å². The lowest BCUT2D eigenvalue weighted by atomic mass is 10.1. The van der Waals surface area contributed by atoms with Gasteiger partial charge in [-0.3, -0.25) is 4.98 Å². The van der Waals surface area contributed by atoms with E-state index in [0.29, 0.717) is 5.69 Å². The fourth-order valence-corrected chi connectivity index (χ4v) is 2.01. The van der Waals surface area contributed by atoms with Crippen molar-refractivity contribution in [3.8, 4) is 0 Å². The van der Waals surface area contributed by atoms with Gasteiger partial charge in [-0.1, -0.05) is 12.1 Å². The first kappa shape index (κ1) is 13.2. The van der Waals surface area contributed by atoms with Gasteiger partial charge in [-0.05, 0) is 12.1 Å². The highest BCUT2D eigenvalue weighted by Gasteiger charge is 2.12. The van der Waals surface area contributed by atoms with E-state index < -0.39 is 11.6 Å². The van der Waals surface area contributed by atoms with Gasteiger partial charge in [0, 0.05) is 34.9 Å². The lowest BCUT2D eigenvalue weighted by molar-refractivity contribution is 0.579. The Kier molecular flexibility index (Phi) is 3.33. The van der Waals surface area contributed by atoms with Gasteiger partial charge in [0.25, 0.3) is 0 Å². The molecule has 0 saturated carbocycles. The molecule has 0 fully saturated rings. The van der Waals surface area contributed by atoms with E-state index >= 15 is 0 Å². The molecule has 2 heterocycles. The summed E-state index contributed by atoms with van der Waals surface area (Å²) in [5.74, 6) is 3.12. The molecule has 2 aromatic heterocycles. The highest BCUT2D eigenvalue weighted by molar-refractivity contribution is 5.94. The van der Waals surface area contributed by atoms with E-state index in [-0.39, 0.29) is 11.6 Å². The number of hydrazine groups is 1. The van der Waals surface area contributed by atoms with E-state index in [9.17, 15) is 8.78 Å². The van der Waals surface area contributed by atoms with Crippen LogP contribution in [0, 0.1) is 11.6 Å². The van der Waals surface area contributed by atoms with Gasteiger partial charge in [-0.2, -0.15) is 0 Å². The van der Waals surface area contributed by atoms with Gasteiger partial charge in [0.1, 0.15) is 0 Å². The Morgan fingerprint density at radius 1 is 1.05 bits per heavy atom. The first-order valence-electron chi connectivity index (χ1n) is 6.11. The highest BCUT2D eigenvalue weighted by Crippen LogP contribution is 2.27. The van der Waals surface area contributed by atoms with Crippen molar-refractivity contribution in [1.29, 1.82) is 0 Å². The molecule has 3 rings (SSSR count). The van der Waals surface area contributed by atoms with Gasteiger partial charge in [0.15, 0.2) is 23.3 Å². The quantitative estimate of drug-likeness (QED) is 0.510. The van der Waals surface area contributed by atoms with Gasteiger partial charge in [0.2, 0.25) is 0 Å². The predicted molar refractivity (Wildman–Crippen MR) is 77.0 cm³/mol. The van der Waals surface area contributed by atoms with Crippen LogP contribution in [0.3, 0.4) is 0 Å². The van der Waals surface area contributed by atoms with E-state index in [2.05, 4.69) is 20.7 Å². The number of benzene rings is 1. The van der Waals surface area contributed by atoms with Gasteiger partial charge in [0.05, 0.1) is 0 Å². The number of aromatic nitrogens is 2. The zero-order valence-corrected chi connectivity index (χ0v) is 10.8. The maximum absolute atomic E-state index is 13.8. The minimum atomic E-state index is -0.859. The minimum Gasteiger partial charge on any atom is -0.337 e. The van der Waals surface area contributed by atoms with E-state index in [1.54, 1.807) is 30.6 Å². The monoisotopic (exact) mass is 287 g/mol. The molecule has 7 heteroatoms. The molecule has 0 amide bonds. The van der Waals surface area contributed by atoms with Crippen LogP contribution in [-0.2, 0) is 0 Å². The zero-order chi connectivity index (χ0) is 14.8. The summed E-state index contributed by atoms with van der Waals surface area (Å²) in [4.78, 5) is 7.80. The minimum absolute atomic E-state index is 0.117. The smallest absolute Gasteiger partial charge is 0.178 e. The third-order valence-electron chi connectivity index (χ3n) is 3.00. The van der Waals surface area contributed by atoms with Crippen molar-refractivity contribution in [3.05, 3.63) is 54.4 Å². The molecule has 0 unspecified atom stereocenters. The van der Waals surface area contributed by atoms with E-state index in [0.717, 1.165) is 16.8 Å². The Bertz CT molecular complexity index is 801. The summed E-state index contributed by atoms with van der Waals surface area (Å²) in [5, 5.41) is 4.58. The number of rotatable bonds is 3. The number of nitrogens with zero attached hydrogens (tertiary/aromatic N) is 2. The fraction of sp³-hybridized carbons (Fsp3) is 0. The molecule has 0 aliphatic heterocycles. The van der Waals surface area contributed by atoms with Crippen LogP contribution >= 0.6 is 0 Å². The maximum atomic E-state index is 13.8. The lowest BCUT2D eigenvalue weighted by Crippen LogP contribution is -2.12. The van der Waals surface area contributed by atoms with Crippen molar-refractivity contribution in [3.63, 3.8) is 0 Å². The first-order valence-corrected chi connectivity index (χ1v) is 6.11. The number of nitrogens with one attached hydrogen (secondary N) is 2. The number of nitrogen functional groups attached to an aromatic ring is 1. The van der Waals surface area contributed by atoms with E-state index in [1.165, 1.54) is 0 Å². The highest BCUT2D eigenvalue weighted by atomic mass is 19.1. The number of fused-ring (bicyclic) bond motifs is 1. The molecule has 0 spiro atoms. The molecule has 0 aliphatic carbocycles. The Balaban J connectivity index is 2.07. The van der Waals surface area contributed by atoms with Gasteiger partial charge in [-0.25, -0.2) is 19.6 Å². The Hall–Kier alpha value is -2.80. The molecule has 4 N–H and O–H groups in total. The summed E-state index contributed by atoms with van der Waals surface area (Å²) >= 11 is 0. The van der Waals surface area contributed by atoms with E-state index in [4.69, 9.17) is 5.84 Å². The van der Waals surface area contributed by atoms with Crippen molar-refractivity contribution in [2.24, 2.45) is 5.84 Å². The number of hydrogen-bond acceptors (Lipinski definition) is 5. The largest absolute Gasteiger partial charge is 0.337 e. The van der Waals surface area contributed by atoms with Crippen LogP contribution in [-0.4, -0.2) is 9.97 Å². The summed E-state index contributed by atoms with van der Waals surface area (Å²) in [6, 6.07) is 7.96. The van der Waals surface area contributed by atoms with Crippen LogP contribution in [0.15, 0.2) is 42.7 Å². The zero-order valence-electron chi connectivity index (χ0n) is 10.8. The molecular formula is C14H11F2N5. The molecule has 106 valence electrons. The summed E-state index contributed by atoms with van der Waals surface area (Å²) in [7, 11) is 0. The Morgan fingerprint density at radius 3 is 2.67 bits per heavy atom. The molecule has 3 aromatic rings. The molecule has 0 radical (unpaired) electrons. The first-order chi connectivity index (χ1) is 10.2. The molecule has 0 aliphatic rings. The second kappa shape index (κ2) is 5.29. The normalized spacial score (nSPS) is 10.6. The average molecular weight is 287 g/mol. The average Bonchev–Trinajstić information content (AvgIpc) is 2.50. The van der Waals surface area contributed by atoms with Crippen LogP contribution in [0.4, 0.5) is 26.1 Å². The van der Waals surface area contributed by atoms with Crippen LogP contribution in [0.25, 0.3) is 10.8 Å². The summed E-state index contributed by atoms with van der Waals surface area (Å²) < 4.78 is 27.1. The van der Waals surface area contributed by atoms with Gasteiger partial charge >= 0.3 is 0 Å². The third-order valence-corrected chi connectivity index (χ3v) is 3.00. The van der Waals surface area contributed by atoms with Crippen molar-refractivity contribution < 1.29 is 8.78 Å².